The lowest BCUT2D eigenvalue weighted by atomic mass is 9.97. The van der Waals surface area contributed by atoms with Crippen LogP contribution < -0.4 is 15.1 Å². The van der Waals surface area contributed by atoms with Gasteiger partial charge in [0.15, 0.2) is 5.69 Å². The van der Waals surface area contributed by atoms with E-state index in [1.807, 2.05) is 0 Å². The van der Waals surface area contributed by atoms with Crippen LogP contribution in [0.25, 0.3) is 21.9 Å². The summed E-state index contributed by atoms with van der Waals surface area (Å²) >= 11 is 0. The van der Waals surface area contributed by atoms with Crippen LogP contribution in [0.5, 0.6) is 0 Å². The number of aromatic nitrogens is 1. The number of carbonyl (C=O) groups is 1. The van der Waals surface area contributed by atoms with E-state index in [9.17, 15) is 4.79 Å². The lowest BCUT2D eigenvalue weighted by molar-refractivity contribution is 0.0595. The minimum Gasteiger partial charge on any atom is -0.464 e. The summed E-state index contributed by atoms with van der Waals surface area (Å²) in [6, 6.07) is 14.7. The second kappa shape index (κ2) is 10.7. The smallest absolute Gasteiger partial charge is 0.358 e. The third-order valence-corrected chi connectivity index (χ3v) is 5.40. The van der Waals surface area contributed by atoms with Crippen LogP contribution in [0.15, 0.2) is 48.7 Å². The Morgan fingerprint density at radius 3 is 2.42 bits per heavy atom. The number of methoxy groups -OCH3 is 1. The van der Waals surface area contributed by atoms with E-state index in [0.29, 0.717) is 5.69 Å². The van der Waals surface area contributed by atoms with Crippen molar-refractivity contribution in [1.82, 2.24) is 10.3 Å². The second-order valence-corrected chi connectivity index (χ2v) is 7.39. The fourth-order valence-electron chi connectivity index (χ4n) is 3.94. The number of carbonyl (C=O) groups excluding carboxylic acids is 1. The molecule has 8 heteroatoms. The summed E-state index contributed by atoms with van der Waals surface area (Å²) < 4.78 is 4.98. The molecule has 0 aliphatic carbocycles. The van der Waals surface area contributed by atoms with Crippen LogP contribution >= 0.6 is 24.8 Å². The number of fused-ring (bicyclic) bond motifs is 1. The highest BCUT2D eigenvalue weighted by Crippen LogP contribution is 2.35. The summed E-state index contributed by atoms with van der Waals surface area (Å²) in [6.07, 6.45) is 1.77. The fourth-order valence-corrected chi connectivity index (χ4v) is 3.94. The van der Waals surface area contributed by atoms with Gasteiger partial charge in [-0.15, -0.1) is 24.8 Å². The Morgan fingerprint density at radius 1 is 1.06 bits per heavy atom. The number of halogens is 2. The summed E-state index contributed by atoms with van der Waals surface area (Å²) in [5.74, 6) is -0.405. The highest BCUT2D eigenvalue weighted by Gasteiger charge is 2.22. The molecule has 1 aromatic heterocycles. The molecule has 0 atom stereocenters. The first kappa shape index (κ1) is 24.7. The molecule has 6 nitrogen and oxygen atoms in total. The Hall–Kier alpha value is -2.54. The number of esters is 1. The van der Waals surface area contributed by atoms with E-state index < -0.39 is 5.97 Å². The molecular formula is C23H28Cl2N4O2. The molecule has 0 amide bonds. The van der Waals surface area contributed by atoms with E-state index in [0.717, 1.165) is 48.4 Å². The lowest BCUT2D eigenvalue weighted by Gasteiger charge is -2.30. The molecule has 166 valence electrons. The molecule has 0 radical (unpaired) electrons. The molecule has 1 saturated heterocycles. The zero-order chi connectivity index (χ0) is 20.4. The highest BCUT2D eigenvalue weighted by molar-refractivity contribution is 6.04. The average molecular weight is 463 g/mol. The van der Waals surface area contributed by atoms with E-state index in [2.05, 4.69) is 76.7 Å². The zero-order valence-electron chi connectivity index (χ0n) is 17.9. The Balaban J connectivity index is 0.00000171. The monoisotopic (exact) mass is 462 g/mol. The van der Waals surface area contributed by atoms with E-state index in [1.54, 1.807) is 6.20 Å². The minimum atomic E-state index is -0.405. The molecule has 1 aliphatic heterocycles. The molecule has 0 unspecified atom stereocenters. The largest absolute Gasteiger partial charge is 0.464 e. The van der Waals surface area contributed by atoms with Gasteiger partial charge in [-0.25, -0.2) is 9.78 Å². The van der Waals surface area contributed by atoms with Crippen LogP contribution in [0.1, 0.15) is 10.5 Å². The van der Waals surface area contributed by atoms with Gasteiger partial charge < -0.3 is 19.9 Å². The summed E-state index contributed by atoms with van der Waals surface area (Å²) in [4.78, 5) is 21.2. The first-order valence-electron chi connectivity index (χ1n) is 9.83. The third-order valence-electron chi connectivity index (χ3n) is 5.40. The lowest BCUT2D eigenvalue weighted by Crippen LogP contribution is -2.44. The Kier molecular flexibility index (Phi) is 8.51. The number of pyridine rings is 1. The number of hydrogen-bond donors (Lipinski definition) is 1. The molecule has 0 saturated carbocycles. The van der Waals surface area contributed by atoms with Crippen LogP contribution in [0, 0.1) is 0 Å². The number of ether oxygens (including phenoxy) is 1. The molecular weight excluding hydrogens is 435 g/mol. The van der Waals surface area contributed by atoms with Gasteiger partial charge in [0.1, 0.15) is 0 Å². The van der Waals surface area contributed by atoms with Crippen LogP contribution in [-0.2, 0) is 4.74 Å². The topological polar surface area (TPSA) is 57.7 Å². The van der Waals surface area contributed by atoms with Gasteiger partial charge in [0, 0.05) is 63.1 Å². The van der Waals surface area contributed by atoms with Crippen molar-refractivity contribution in [3.05, 3.63) is 54.4 Å². The first-order valence-corrected chi connectivity index (χ1v) is 9.83. The summed E-state index contributed by atoms with van der Waals surface area (Å²) in [6.45, 7) is 3.42. The molecule has 0 spiro atoms. The predicted octanol–water partition coefficient (Wildman–Crippen LogP) is 4.01. The SMILES string of the molecule is COC(=O)c1ncc(-c2cccc3c(N(C)C)cccc23)cc1N1CCNCC1.Cl.Cl. The van der Waals surface area contributed by atoms with E-state index >= 15 is 0 Å². The second-order valence-electron chi connectivity index (χ2n) is 7.39. The third kappa shape index (κ3) is 4.87. The zero-order valence-corrected chi connectivity index (χ0v) is 19.6. The predicted molar refractivity (Wildman–Crippen MR) is 132 cm³/mol. The van der Waals surface area contributed by atoms with Gasteiger partial charge in [0.2, 0.25) is 0 Å². The number of piperazine rings is 1. The number of anilines is 2. The maximum atomic E-state index is 12.3. The van der Waals surface area contributed by atoms with Crippen LogP contribution in [0.2, 0.25) is 0 Å². The van der Waals surface area contributed by atoms with Crippen molar-refractivity contribution in [2.75, 3.05) is 57.2 Å². The molecule has 0 bridgehead atoms. The van der Waals surface area contributed by atoms with Crippen molar-refractivity contribution in [1.29, 1.82) is 0 Å². The molecule has 31 heavy (non-hydrogen) atoms. The first-order chi connectivity index (χ1) is 14.1. The van der Waals surface area contributed by atoms with Gasteiger partial charge in [-0.05, 0) is 23.1 Å². The number of nitrogens with zero attached hydrogens (tertiary/aromatic N) is 3. The molecule has 2 heterocycles. The molecule has 2 aromatic carbocycles. The van der Waals surface area contributed by atoms with Gasteiger partial charge in [0.25, 0.3) is 0 Å². The summed E-state index contributed by atoms with van der Waals surface area (Å²) in [5, 5.41) is 5.71. The average Bonchev–Trinajstić information content (AvgIpc) is 2.77. The fraction of sp³-hybridized carbons (Fsp3) is 0.304. The molecule has 1 fully saturated rings. The van der Waals surface area contributed by atoms with Gasteiger partial charge in [-0.3, -0.25) is 0 Å². The van der Waals surface area contributed by atoms with Crippen LogP contribution in [-0.4, -0.2) is 58.3 Å². The normalized spacial score (nSPS) is 13.2. The number of hydrogen-bond acceptors (Lipinski definition) is 6. The van der Waals surface area contributed by atoms with Crippen LogP contribution in [0.4, 0.5) is 11.4 Å². The number of nitrogens with one attached hydrogen (secondary N) is 1. The van der Waals surface area contributed by atoms with Gasteiger partial charge in [-0.1, -0.05) is 30.3 Å². The van der Waals surface area contributed by atoms with Crippen molar-refractivity contribution in [2.45, 2.75) is 0 Å². The Morgan fingerprint density at radius 2 is 1.74 bits per heavy atom. The Bertz CT molecular complexity index is 1050. The minimum absolute atomic E-state index is 0. The molecule has 1 N–H and O–H groups in total. The summed E-state index contributed by atoms with van der Waals surface area (Å²) in [5.41, 5.74) is 4.47. The number of benzene rings is 2. The van der Waals surface area contributed by atoms with Crippen molar-refractivity contribution >= 4 is 52.9 Å². The van der Waals surface area contributed by atoms with Crippen molar-refractivity contribution in [2.24, 2.45) is 0 Å². The maximum Gasteiger partial charge on any atom is 0.358 e. The number of rotatable bonds is 4. The van der Waals surface area contributed by atoms with E-state index in [1.165, 1.54) is 18.2 Å². The standard InChI is InChI=1S/C23H26N4O2.2ClH/c1-26(2)20-9-5-7-18-17(6-4-8-19(18)20)16-14-21(27-12-10-24-11-13-27)22(25-15-16)23(28)29-3;;/h4-9,14-15,24H,10-13H2,1-3H3;2*1H. The van der Waals surface area contributed by atoms with Crippen molar-refractivity contribution in [3.8, 4) is 11.1 Å². The molecule has 1 aliphatic rings. The maximum absolute atomic E-state index is 12.3. The summed E-state index contributed by atoms with van der Waals surface area (Å²) in [7, 11) is 5.50. The molecule has 4 rings (SSSR count). The Labute approximate surface area is 195 Å². The van der Waals surface area contributed by atoms with Gasteiger partial charge in [0.05, 0.1) is 12.8 Å². The van der Waals surface area contributed by atoms with Crippen molar-refractivity contribution < 1.29 is 9.53 Å². The van der Waals surface area contributed by atoms with E-state index in [-0.39, 0.29) is 24.8 Å². The van der Waals surface area contributed by atoms with Crippen LogP contribution in [0.3, 0.4) is 0 Å². The molecule has 3 aromatic rings. The quantitative estimate of drug-likeness (QED) is 0.591. The highest BCUT2D eigenvalue weighted by atomic mass is 35.5. The van der Waals surface area contributed by atoms with Crippen molar-refractivity contribution in [3.63, 3.8) is 0 Å². The van der Waals surface area contributed by atoms with Gasteiger partial charge in [-0.2, -0.15) is 0 Å². The van der Waals surface area contributed by atoms with Gasteiger partial charge >= 0.3 is 5.97 Å². The van der Waals surface area contributed by atoms with E-state index in [4.69, 9.17) is 4.74 Å².